The summed E-state index contributed by atoms with van der Waals surface area (Å²) in [6.07, 6.45) is 6.43. The van der Waals surface area contributed by atoms with Crippen LogP contribution in [0.4, 0.5) is 0 Å². The maximum absolute atomic E-state index is 5.18. The average Bonchev–Trinajstić information content (AvgIpc) is 2.83. The molecule has 1 aromatic rings. The standard InChI is InChI=1S/C14H18N2OS/c1-17-12-7-5-11(6-8-12)13-15-16-14(18-13)9-3-2-4-10-14/h5-8,16H,2-4,9-10H2,1H3. The van der Waals surface area contributed by atoms with Gasteiger partial charge >= 0.3 is 0 Å². The Bertz CT molecular complexity index is 449. The van der Waals surface area contributed by atoms with Crippen molar-refractivity contribution < 1.29 is 4.74 Å². The quantitative estimate of drug-likeness (QED) is 0.887. The van der Waals surface area contributed by atoms with E-state index in [-0.39, 0.29) is 4.87 Å². The first kappa shape index (κ1) is 11.9. The first-order chi connectivity index (χ1) is 8.81. The normalized spacial score (nSPS) is 21.5. The van der Waals surface area contributed by atoms with E-state index >= 15 is 0 Å². The van der Waals surface area contributed by atoms with E-state index in [9.17, 15) is 0 Å². The summed E-state index contributed by atoms with van der Waals surface area (Å²) in [5.74, 6) is 0.891. The Hall–Kier alpha value is -1.16. The third kappa shape index (κ3) is 2.21. The molecule has 1 saturated carbocycles. The third-order valence-electron chi connectivity index (χ3n) is 3.65. The van der Waals surface area contributed by atoms with Crippen molar-refractivity contribution in [2.24, 2.45) is 5.10 Å². The molecule has 96 valence electrons. The molecule has 3 nitrogen and oxygen atoms in total. The minimum Gasteiger partial charge on any atom is -0.497 e. The molecule has 1 aromatic carbocycles. The molecule has 0 atom stereocenters. The molecule has 3 rings (SSSR count). The van der Waals surface area contributed by atoms with Crippen molar-refractivity contribution in [3.8, 4) is 5.75 Å². The van der Waals surface area contributed by atoms with Crippen LogP contribution < -0.4 is 10.2 Å². The smallest absolute Gasteiger partial charge is 0.126 e. The molecule has 1 fully saturated rings. The zero-order chi connectivity index (χ0) is 12.4. The van der Waals surface area contributed by atoms with Gasteiger partial charge in [-0.1, -0.05) is 31.0 Å². The van der Waals surface area contributed by atoms with Crippen molar-refractivity contribution in [2.75, 3.05) is 7.11 Å². The number of nitrogens with one attached hydrogen (secondary N) is 1. The highest BCUT2D eigenvalue weighted by atomic mass is 32.2. The molecule has 1 spiro atoms. The van der Waals surface area contributed by atoms with Crippen molar-refractivity contribution in [2.45, 2.75) is 37.0 Å². The molecule has 0 unspecified atom stereocenters. The Morgan fingerprint density at radius 1 is 1.17 bits per heavy atom. The van der Waals surface area contributed by atoms with Gasteiger partial charge in [-0.2, -0.15) is 5.10 Å². The lowest BCUT2D eigenvalue weighted by Crippen LogP contribution is -2.37. The fourth-order valence-electron chi connectivity index (χ4n) is 2.58. The summed E-state index contributed by atoms with van der Waals surface area (Å²) in [7, 11) is 1.69. The second-order valence-electron chi connectivity index (χ2n) is 4.91. The van der Waals surface area contributed by atoms with Gasteiger partial charge in [0.15, 0.2) is 0 Å². The maximum Gasteiger partial charge on any atom is 0.126 e. The van der Waals surface area contributed by atoms with Crippen LogP contribution in [0.25, 0.3) is 0 Å². The van der Waals surface area contributed by atoms with Crippen molar-refractivity contribution in [3.63, 3.8) is 0 Å². The van der Waals surface area contributed by atoms with Gasteiger partial charge in [-0.25, -0.2) is 0 Å². The van der Waals surface area contributed by atoms with Crippen molar-refractivity contribution in [1.29, 1.82) is 0 Å². The largest absolute Gasteiger partial charge is 0.497 e. The fraction of sp³-hybridized carbons (Fsp3) is 0.500. The van der Waals surface area contributed by atoms with Crippen LogP contribution in [0.1, 0.15) is 37.7 Å². The van der Waals surface area contributed by atoms with E-state index in [4.69, 9.17) is 4.74 Å². The molecule has 18 heavy (non-hydrogen) atoms. The van der Waals surface area contributed by atoms with Crippen LogP contribution >= 0.6 is 11.8 Å². The van der Waals surface area contributed by atoms with Crippen molar-refractivity contribution in [1.82, 2.24) is 5.43 Å². The molecule has 1 aliphatic heterocycles. The number of hydrogen-bond acceptors (Lipinski definition) is 4. The number of nitrogens with zero attached hydrogens (tertiary/aromatic N) is 1. The van der Waals surface area contributed by atoms with Gasteiger partial charge in [0.2, 0.25) is 0 Å². The molecule has 0 bridgehead atoms. The average molecular weight is 262 g/mol. The zero-order valence-electron chi connectivity index (χ0n) is 10.6. The fourth-order valence-corrected chi connectivity index (χ4v) is 3.88. The number of ether oxygens (including phenoxy) is 1. The molecule has 0 saturated heterocycles. The van der Waals surface area contributed by atoms with Crippen LogP contribution in [0.5, 0.6) is 5.75 Å². The number of hydrogen-bond donors (Lipinski definition) is 1. The molecular formula is C14H18N2OS. The monoisotopic (exact) mass is 262 g/mol. The predicted octanol–water partition coefficient (Wildman–Crippen LogP) is 3.35. The molecule has 1 heterocycles. The summed E-state index contributed by atoms with van der Waals surface area (Å²) in [5, 5.41) is 5.64. The predicted molar refractivity (Wildman–Crippen MR) is 76.1 cm³/mol. The molecular weight excluding hydrogens is 244 g/mol. The Balaban J connectivity index is 1.74. The highest BCUT2D eigenvalue weighted by molar-refractivity contribution is 8.15. The summed E-state index contributed by atoms with van der Waals surface area (Å²) in [6, 6.07) is 8.14. The highest BCUT2D eigenvalue weighted by Crippen LogP contribution is 2.42. The number of hydrazone groups is 1. The van der Waals surface area contributed by atoms with E-state index in [1.807, 2.05) is 23.9 Å². The van der Waals surface area contributed by atoms with E-state index in [0.29, 0.717) is 0 Å². The molecule has 1 N–H and O–H groups in total. The van der Waals surface area contributed by atoms with Crippen LogP contribution in [-0.4, -0.2) is 17.0 Å². The zero-order valence-corrected chi connectivity index (χ0v) is 11.4. The molecule has 0 radical (unpaired) electrons. The second-order valence-corrected chi connectivity index (χ2v) is 6.29. The van der Waals surface area contributed by atoms with Gasteiger partial charge in [0.05, 0.1) is 7.11 Å². The van der Waals surface area contributed by atoms with E-state index in [1.165, 1.54) is 37.7 Å². The van der Waals surface area contributed by atoms with E-state index < -0.39 is 0 Å². The van der Waals surface area contributed by atoms with Gasteiger partial charge in [0, 0.05) is 5.56 Å². The first-order valence-electron chi connectivity index (χ1n) is 6.50. The van der Waals surface area contributed by atoms with Gasteiger partial charge in [-0.3, -0.25) is 5.43 Å². The highest BCUT2D eigenvalue weighted by Gasteiger charge is 2.38. The Labute approximate surface area is 112 Å². The summed E-state index contributed by atoms with van der Waals surface area (Å²) < 4.78 is 5.18. The van der Waals surface area contributed by atoms with Crippen molar-refractivity contribution in [3.05, 3.63) is 29.8 Å². The lowest BCUT2D eigenvalue weighted by molar-refractivity contribution is 0.350. The molecule has 1 aliphatic carbocycles. The first-order valence-corrected chi connectivity index (χ1v) is 7.31. The summed E-state index contributed by atoms with van der Waals surface area (Å²) >= 11 is 1.90. The van der Waals surface area contributed by atoms with Crippen LogP contribution in [0.3, 0.4) is 0 Å². The molecule has 4 heteroatoms. The lowest BCUT2D eigenvalue weighted by Gasteiger charge is -2.31. The maximum atomic E-state index is 5.18. The third-order valence-corrected chi connectivity index (χ3v) is 5.06. The van der Waals surface area contributed by atoms with Crippen molar-refractivity contribution >= 4 is 16.8 Å². The summed E-state index contributed by atoms with van der Waals surface area (Å²) in [6.45, 7) is 0. The van der Waals surface area contributed by atoms with E-state index in [1.54, 1.807) is 7.11 Å². The van der Waals surface area contributed by atoms with Gasteiger partial charge in [0.25, 0.3) is 0 Å². The number of benzene rings is 1. The van der Waals surface area contributed by atoms with Gasteiger partial charge in [-0.05, 0) is 37.1 Å². The summed E-state index contributed by atoms with van der Waals surface area (Å²) in [4.78, 5) is 0.174. The van der Waals surface area contributed by atoms with E-state index in [2.05, 4.69) is 22.7 Å². The molecule has 2 aliphatic rings. The number of methoxy groups -OCH3 is 1. The second kappa shape index (κ2) is 4.84. The minimum atomic E-state index is 0.174. The summed E-state index contributed by atoms with van der Waals surface area (Å²) in [5.41, 5.74) is 4.55. The Kier molecular flexibility index (Phi) is 3.20. The van der Waals surface area contributed by atoms with Crippen LogP contribution in [-0.2, 0) is 0 Å². The van der Waals surface area contributed by atoms with Gasteiger partial charge in [0.1, 0.15) is 15.7 Å². The number of rotatable bonds is 2. The SMILES string of the molecule is COc1ccc(C2=NNC3(CCCCC3)S2)cc1. The Morgan fingerprint density at radius 3 is 2.56 bits per heavy atom. The Morgan fingerprint density at radius 2 is 1.89 bits per heavy atom. The van der Waals surface area contributed by atoms with Crippen LogP contribution in [0.2, 0.25) is 0 Å². The van der Waals surface area contributed by atoms with Gasteiger partial charge in [-0.15, -0.1) is 0 Å². The lowest BCUT2D eigenvalue weighted by atomic mass is 9.95. The van der Waals surface area contributed by atoms with Gasteiger partial charge < -0.3 is 4.74 Å². The minimum absolute atomic E-state index is 0.174. The van der Waals surface area contributed by atoms with Crippen LogP contribution in [0, 0.1) is 0 Å². The number of thioether (sulfide) groups is 1. The molecule has 0 amide bonds. The molecule has 0 aromatic heterocycles. The topological polar surface area (TPSA) is 33.6 Å². The van der Waals surface area contributed by atoms with E-state index in [0.717, 1.165) is 10.8 Å². The van der Waals surface area contributed by atoms with Crippen LogP contribution in [0.15, 0.2) is 29.4 Å².